The summed E-state index contributed by atoms with van der Waals surface area (Å²) in [6.07, 6.45) is 0. The van der Waals surface area contributed by atoms with E-state index in [4.69, 9.17) is 5.73 Å². The van der Waals surface area contributed by atoms with Gasteiger partial charge in [0.2, 0.25) is 5.95 Å². The van der Waals surface area contributed by atoms with Crippen molar-refractivity contribution in [3.63, 3.8) is 0 Å². The monoisotopic (exact) mass is 440 g/mol. The summed E-state index contributed by atoms with van der Waals surface area (Å²) in [6.45, 7) is 4.58. The van der Waals surface area contributed by atoms with Gasteiger partial charge in [0, 0.05) is 41.7 Å². The number of nitrogens with one attached hydrogen (secondary N) is 1. The second kappa shape index (κ2) is 7.63. The molecule has 0 bridgehead atoms. The van der Waals surface area contributed by atoms with E-state index in [2.05, 4.69) is 36.1 Å². The topological polar surface area (TPSA) is 87.4 Å². The number of halogens is 1. The molecule has 3 N–H and O–H groups in total. The van der Waals surface area contributed by atoms with E-state index in [1.807, 2.05) is 54.3 Å². The molecular weight excluding hydrogens is 420 g/mol. The number of anilines is 3. The summed E-state index contributed by atoms with van der Waals surface area (Å²) in [5.41, 5.74) is 8.64. The van der Waals surface area contributed by atoms with Gasteiger partial charge in [-0.3, -0.25) is 0 Å². The Morgan fingerprint density at radius 1 is 1.11 bits per heavy atom. The van der Waals surface area contributed by atoms with Crippen molar-refractivity contribution in [1.82, 2.24) is 14.9 Å². The molecule has 2 heterocycles. The van der Waals surface area contributed by atoms with E-state index in [1.165, 1.54) is 0 Å². The highest BCUT2D eigenvalue weighted by Gasteiger charge is 2.23. The summed E-state index contributed by atoms with van der Waals surface area (Å²) in [6, 6.07) is 13.6. The van der Waals surface area contributed by atoms with Crippen molar-refractivity contribution in [3.8, 4) is 0 Å². The number of aromatic nitrogens is 2. The molecule has 1 fully saturated rings. The SMILES string of the molecule is Cc1cccc(NC(=O)N2CCN(c3nc(N)nc4ccc(Br)cc34)CC2)c1. The molecular formula is C20H21BrN6O. The molecule has 144 valence electrons. The molecule has 0 unspecified atom stereocenters. The molecule has 0 aliphatic carbocycles. The summed E-state index contributed by atoms with van der Waals surface area (Å²) in [4.78, 5) is 25.3. The number of carbonyl (C=O) groups excluding carboxylic acids is 1. The second-order valence-electron chi connectivity index (χ2n) is 6.84. The number of urea groups is 1. The van der Waals surface area contributed by atoms with E-state index in [1.54, 1.807) is 0 Å². The normalized spacial score (nSPS) is 14.4. The van der Waals surface area contributed by atoms with E-state index in [0.29, 0.717) is 26.2 Å². The maximum atomic E-state index is 12.6. The van der Waals surface area contributed by atoms with Crippen LogP contribution in [-0.2, 0) is 0 Å². The number of rotatable bonds is 2. The first-order valence-electron chi connectivity index (χ1n) is 9.10. The van der Waals surface area contributed by atoms with Gasteiger partial charge in [-0.05, 0) is 42.8 Å². The fraction of sp³-hybridized carbons (Fsp3) is 0.250. The van der Waals surface area contributed by atoms with E-state index in [9.17, 15) is 4.79 Å². The van der Waals surface area contributed by atoms with E-state index < -0.39 is 0 Å². The van der Waals surface area contributed by atoms with Gasteiger partial charge in [0.1, 0.15) is 5.82 Å². The van der Waals surface area contributed by atoms with E-state index in [-0.39, 0.29) is 12.0 Å². The van der Waals surface area contributed by atoms with Crippen molar-refractivity contribution in [2.45, 2.75) is 6.92 Å². The smallest absolute Gasteiger partial charge is 0.321 e. The van der Waals surface area contributed by atoms with Crippen LogP contribution >= 0.6 is 15.9 Å². The van der Waals surface area contributed by atoms with Gasteiger partial charge in [0.05, 0.1) is 5.52 Å². The van der Waals surface area contributed by atoms with Crippen LogP contribution in [0.5, 0.6) is 0 Å². The first-order valence-corrected chi connectivity index (χ1v) is 9.89. The van der Waals surface area contributed by atoms with Crippen LogP contribution in [0, 0.1) is 6.92 Å². The van der Waals surface area contributed by atoms with Gasteiger partial charge >= 0.3 is 6.03 Å². The summed E-state index contributed by atoms with van der Waals surface area (Å²) >= 11 is 3.51. The van der Waals surface area contributed by atoms with Crippen molar-refractivity contribution in [1.29, 1.82) is 0 Å². The maximum Gasteiger partial charge on any atom is 0.321 e. The Kier molecular flexibility index (Phi) is 5.04. The molecule has 0 saturated carbocycles. The highest BCUT2D eigenvalue weighted by atomic mass is 79.9. The van der Waals surface area contributed by atoms with Crippen molar-refractivity contribution >= 4 is 50.3 Å². The van der Waals surface area contributed by atoms with Gasteiger partial charge in [0.25, 0.3) is 0 Å². The summed E-state index contributed by atoms with van der Waals surface area (Å²) in [7, 11) is 0. The molecule has 1 aliphatic rings. The molecule has 0 atom stereocenters. The Balaban J connectivity index is 1.48. The van der Waals surface area contributed by atoms with Crippen LogP contribution in [0.2, 0.25) is 0 Å². The number of aryl methyl sites for hydroxylation is 1. The lowest BCUT2D eigenvalue weighted by molar-refractivity contribution is 0.208. The summed E-state index contributed by atoms with van der Waals surface area (Å²) in [5, 5.41) is 3.92. The predicted octanol–water partition coefficient (Wildman–Crippen LogP) is 3.64. The molecule has 0 spiro atoms. The molecule has 3 aromatic rings. The highest BCUT2D eigenvalue weighted by Crippen LogP contribution is 2.28. The van der Waals surface area contributed by atoms with Crippen molar-refractivity contribution in [2.24, 2.45) is 0 Å². The number of piperazine rings is 1. The molecule has 1 saturated heterocycles. The number of carbonyl (C=O) groups is 1. The summed E-state index contributed by atoms with van der Waals surface area (Å²) in [5.74, 6) is 1.06. The Labute approximate surface area is 171 Å². The highest BCUT2D eigenvalue weighted by molar-refractivity contribution is 9.10. The van der Waals surface area contributed by atoms with Crippen LogP contribution in [0.4, 0.5) is 22.2 Å². The molecule has 0 radical (unpaired) electrons. The number of nitrogens with two attached hydrogens (primary N) is 1. The van der Waals surface area contributed by atoms with Crippen LogP contribution in [0.15, 0.2) is 46.9 Å². The molecule has 2 amide bonds. The zero-order chi connectivity index (χ0) is 19.7. The third-order valence-electron chi connectivity index (χ3n) is 4.79. The van der Waals surface area contributed by atoms with Gasteiger partial charge in [-0.2, -0.15) is 4.98 Å². The molecule has 8 heteroatoms. The maximum absolute atomic E-state index is 12.6. The molecule has 7 nitrogen and oxygen atoms in total. The van der Waals surface area contributed by atoms with Gasteiger partial charge in [-0.1, -0.05) is 28.1 Å². The van der Waals surface area contributed by atoms with Crippen LogP contribution < -0.4 is 16.0 Å². The van der Waals surface area contributed by atoms with Crippen LogP contribution in [0.25, 0.3) is 10.9 Å². The number of benzene rings is 2. The number of hydrogen-bond donors (Lipinski definition) is 2. The molecule has 1 aromatic heterocycles. The van der Waals surface area contributed by atoms with E-state index >= 15 is 0 Å². The Morgan fingerprint density at radius 2 is 1.89 bits per heavy atom. The largest absolute Gasteiger partial charge is 0.368 e. The molecule has 4 rings (SSSR count). The third kappa shape index (κ3) is 3.87. The van der Waals surface area contributed by atoms with Gasteiger partial charge in [-0.15, -0.1) is 0 Å². The predicted molar refractivity (Wildman–Crippen MR) is 116 cm³/mol. The molecule has 1 aliphatic heterocycles. The van der Waals surface area contributed by atoms with Crippen molar-refractivity contribution < 1.29 is 4.79 Å². The number of amides is 2. The van der Waals surface area contributed by atoms with Crippen molar-refractivity contribution in [3.05, 3.63) is 52.5 Å². The number of fused-ring (bicyclic) bond motifs is 1. The fourth-order valence-electron chi connectivity index (χ4n) is 3.39. The lowest BCUT2D eigenvalue weighted by Gasteiger charge is -2.35. The lowest BCUT2D eigenvalue weighted by atomic mass is 10.2. The average Bonchev–Trinajstić information content (AvgIpc) is 2.68. The number of hydrogen-bond acceptors (Lipinski definition) is 5. The van der Waals surface area contributed by atoms with Gasteiger partial charge in [0.15, 0.2) is 0 Å². The Bertz CT molecular complexity index is 1030. The minimum atomic E-state index is -0.0833. The quantitative estimate of drug-likeness (QED) is 0.634. The molecule has 28 heavy (non-hydrogen) atoms. The fourth-order valence-corrected chi connectivity index (χ4v) is 3.75. The first kappa shape index (κ1) is 18.5. The van der Waals surface area contributed by atoms with E-state index in [0.717, 1.165) is 32.4 Å². The third-order valence-corrected chi connectivity index (χ3v) is 5.28. The minimum absolute atomic E-state index is 0.0833. The Morgan fingerprint density at radius 3 is 2.64 bits per heavy atom. The number of nitrogen functional groups attached to an aromatic ring is 1. The average molecular weight is 441 g/mol. The van der Waals surface area contributed by atoms with Gasteiger partial charge in [-0.25, -0.2) is 9.78 Å². The second-order valence-corrected chi connectivity index (χ2v) is 7.76. The zero-order valence-electron chi connectivity index (χ0n) is 15.5. The minimum Gasteiger partial charge on any atom is -0.368 e. The zero-order valence-corrected chi connectivity index (χ0v) is 17.1. The molecule has 2 aromatic carbocycles. The lowest BCUT2D eigenvalue weighted by Crippen LogP contribution is -2.50. The van der Waals surface area contributed by atoms with Crippen LogP contribution in [-0.4, -0.2) is 47.1 Å². The van der Waals surface area contributed by atoms with Crippen molar-refractivity contribution in [2.75, 3.05) is 42.1 Å². The number of nitrogens with zero attached hydrogens (tertiary/aromatic N) is 4. The summed E-state index contributed by atoms with van der Waals surface area (Å²) < 4.78 is 0.964. The van der Waals surface area contributed by atoms with Gasteiger partial charge < -0.3 is 20.9 Å². The Hall–Kier alpha value is -2.87. The van der Waals surface area contributed by atoms with Crippen LogP contribution in [0.1, 0.15) is 5.56 Å². The standard InChI is InChI=1S/C20H21BrN6O/c1-13-3-2-4-15(11-13)23-20(28)27-9-7-26(8-10-27)18-16-12-14(21)5-6-17(16)24-19(22)25-18/h2-6,11-12H,7-10H2,1H3,(H,23,28)(H2,22,24,25). The first-order chi connectivity index (χ1) is 13.5. The van der Waals surface area contributed by atoms with Crippen LogP contribution in [0.3, 0.4) is 0 Å².